The van der Waals surface area contributed by atoms with E-state index in [9.17, 15) is 9.90 Å². The van der Waals surface area contributed by atoms with Gasteiger partial charge in [-0.15, -0.1) is 0 Å². The summed E-state index contributed by atoms with van der Waals surface area (Å²) in [6.07, 6.45) is 3.51. The molecule has 2 bridgehead atoms. The molecule has 3 saturated heterocycles. The largest absolute Gasteiger partial charge is 0.507 e. The van der Waals surface area contributed by atoms with Crippen LogP contribution in [-0.2, 0) is 0 Å². The lowest BCUT2D eigenvalue weighted by Crippen LogP contribution is -2.44. The Kier molecular flexibility index (Phi) is 4.76. The summed E-state index contributed by atoms with van der Waals surface area (Å²) in [5.74, 6) is 1.07. The summed E-state index contributed by atoms with van der Waals surface area (Å²) in [5.41, 5.74) is 0.340. The minimum absolute atomic E-state index is 0.0257. The van der Waals surface area contributed by atoms with Gasteiger partial charge in [0.15, 0.2) is 0 Å². The number of phenols is 1. The summed E-state index contributed by atoms with van der Waals surface area (Å²) >= 11 is 0. The summed E-state index contributed by atoms with van der Waals surface area (Å²) in [6.45, 7) is 5.94. The van der Waals surface area contributed by atoms with Crippen LogP contribution in [0, 0.1) is 5.92 Å². The number of hydrogen-bond acceptors (Lipinski definition) is 4. The van der Waals surface area contributed by atoms with Crippen molar-refractivity contribution in [3.63, 3.8) is 0 Å². The maximum absolute atomic E-state index is 12.9. The molecule has 0 saturated carbocycles. The number of carbonyl (C=O) groups is 1. The number of rotatable bonds is 4. The average molecular weight is 318 g/mol. The van der Waals surface area contributed by atoms with Gasteiger partial charge >= 0.3 is 0 Å². The Balaban J connectivity index is 1.81. The molecule has 0 aliphatic carbocycles. The minimum atomic E-state index is -0.0864. The van der Waals surface area contributed by atoms with Crippen molar-refractivity contribution in [2.75, 3.05) is 33.3 Å². The van der Waals surface area contributed by atoms with Crippen LogP contribution in [0.15, 0.2) is 18.2 Å². The topological polar surface area (TPSA) is 53.0 Å². The van der Waals surface area contributed by atoms with Gasteiger partial charge < -0.3 is 14.7 Å². The standard InChI is InChI=1S/C18H26N2O3/c1-3-8-19-10-13-4-5-14(19)12-20(11-13)18(22)16-9-15(23-2)6-7-17(16)21/h6-7,9,13-14,21H,3-5,8,10-12H2,1-2H3/t13-,14-/m1/s1. The number of aromatic hydroxyl groups is 1. The number of methoxy groups -OCH3 is 1. The second-order valence-corrected chi connectivity index (χ2v) is 6.69. The molecule has 1 amide bonds. The highest BCUT2D eigenvalue weighted by atomic mass is 16.5. The predicted octanol–water partition coefficient (Wildman–Crippen LogP) is 2.35. The lowest BCUT2D eigenvalue weighted by Gasteiger charge is -2.35. The van der Waals surface area contributed by atoms with E-state index in [1.54, 1.807) is 19.2 Å². The monoisotopic (exact) mass is 318 g/mol. The third-order valence-electron chi connectivity index (χ3n) is 5.06. The van der Waals surface area contributed by atoms with Crippen LogP contribution >= 0.6 is 0 Å². The number of benzene rings is 1. The average Bonchev–Trinajstić information content (AvgIpc) is 2.87. The molecular weight excluding hydrogens is 292 g/mol. The van der Waals surface area contributed by atoms with Gasteiger partial charge in [0, 0.05) is 25.7 Å². The van der Waals surface area contributed by atoms with Crippen molar-refractivity contribution in [2.24, 2.45) is 5.92 Å². The highest BCUT2D eigenvalue weighted by Gasteiger charge is 2.36. The number of amides is 1. The highest BCUT2D eigenvalue weighted by molar-refractivity contribution is 5.97. The van der Waals surface area contributed by atoms with E-state index < -0.39 is 0 Å². The van der Waals surface area contributed by atoms with E-state index in [0.29, 0.717) is 23.3 Å². The van der Waals surface area contributed by atoms with Crippen molar-refractivity contribution in [1.82, 2.24) is 9.80 Å². The van der Waals surface area contributed by atoms with Crippen molar-refractivity contribution in [2.45, 2.75) is 32.2 Å². The predicted molar refractivity (Wildman–Crippen MR) is 88.9 cm³/mol. The van der Waals surface area contributed by atoms with Gasteiger partial charge in [-0.25, -0.2) is 0 Å². The quantitative estimate of drug-likeness (QED) is 0.926. The Hall–Kier alpha value is -1.75. The highest BCUT2D eigenvalue weighted by Crippen LogP contribution is 2.31. The fourth-order valence-electron chi connectivity index (χ4n) is 3.89. The number of phenolic OH excluding ortho intramolecular Hbond substituents is 1. The Labute approximate surface area is 137 Å². The zero-order chi connectivity index (χ0) is 16.4. The zero-order valence-electron chi connectivity index (χ0n) is 14.0. The van der Waals surface area contributed by atoms with Crippen molar-refractivity contribution >= 4 is 5.91 Å². The number of nitrogens with zero attached hydrogens (tertiary/aromatic N) is 2. The minimum Gasteiger partial charge on any atom is -0.507 e. The van der Waals surface area contributed by atoms with E-state index in [-0.39, 0.29) is 11.7 Å². The van der Waals surface area contributed by atoms with Crippen LogP contribution in [0.3, 0.4) is 0 Å². The van der Waals surface area contributed by atoms with Crippen molar-refractivity contribution in [3.8, 4) is 11.5 Å². The fourth-order valence-corrected chi connectivity index (χ4v) is 3.89. The summed E-state index contributed by atoms with van der Waals surface area (Å²) in [6, 6.07) is 5.28. The molecule has 1 aromatic rings. The van der Waals surface area contributed by atoms with Crippen LogP contribution < -0.4 is 4.74 Å². The molecule has 3 aliphatic rings. The lowest BCUT2D eigenvalue weighted by molar-refractivity contribution is 0.0734. The maximum Gasteiger partial charge on any atom is 0.257 e. The van der Waals surface area contributed by atoms with Crippen molar-refractivity contribution in [1.29, 1.82) is 0 Å². The molecule has 0 aromatic heterocycles. The van der Waals surface area contributed by atoms with Gasteiger partial charge in [-0.05, 0) is 49.9 Å². The van der Waals surface area contributed by atoms with Crippen LogP contribution in [0.2, 0.25) is 0 Å². The number of ether oxygens (including phenoxy) is 1. The van der Waals surface area contributed by atoms with E-state index in [0.717, 1.165) is 32.6 Å². The normalized spacial score (nSPS) is 24.5. The molecule has 5 nitrogen and oxygen atoms in total. The van der Waals surface area contributed by atoms with Gasteiger partial charge in [0.05, 0.1) is 12.7 Å². The first kappa shape index (κ1) is 16.1. The lowest BCUT2D eigenvalue weighted by atomic mass is 9.95. The zero-order valence-corrected chi connectivity index (χ0v) is 14.0. The molecule has 2 atom stereocenters. The first-order valence-corrected chi connectivity index (χ1v) is 8.52. The van der Waals surface area contributed by atoms with Crippen LogP contribution in [0.25, 0.3) is 0 Å². The number of hydrogen-bond donors (Lipinski definition) is 1. The Morgan fingerprint density at radius 3 is 2.87 bits per heavy atom. The molecule has 0 spiro atoms. The third-order valence-corrected chi connectivity index (χ3v) is 5.06. The second kappa shape index (κ2) is 6.79. The first-order valence-electron chi connectivity index (χ1n) is 8.52. The van der Waals surface area contributed by atoms with Crippen LogP contribution in [0.1, 0.15) is 36.5 Å². The molecule has 1 N–H and O–H groups in total. The smallest absolute Gasteiger partial charge is 0.257 e. The second-order valence-electron chi connectivity index (χ2n) is 6.69. The summed E-state index contributed by atoms with van der Waals surface area (Å²) in [4.78, 5) is 17.4. The molecule has 4 rings (SSSR count). The number of fused-ring (bicyclic) bond motifs is 4. The van der Waals surface area contributed by atoms with E-state index in [1.807, 2.05) is 4.90 Å². The summed E-state index contributed by atoms with van der Waals surface area (Å²) < 4.78 is 5.19. The number of piperidine rings is 1. The van der Waals surface area contributed by atoms with Gasteiger partial charge in [-0.1, -0.05) is 6.92 Å². The van der Waals surface area contributed by atoms with E-state index in [2.05, 4.69) is 11.8 Å². The molecule has 3 fully saturated rings. The molecule has 23 heavy (non-hydrogen) atoms. The van der Waals surface area contributed by atoms with Gasteiger partial charge in [-0.2, -0.15) is 0 Å². The molecule has 126 valence electrons. The van der Waals surface area contributed by atoms with Gasteiger partial charge in [0.25, 0.3) is 5.91 Å². The van der Waals surface area contributed by atoms with Crippen molar-refractivity contribution < 1.29 is 14.6 Å². The third kappa shape index (κ3) is 3.29. The maximum atomic E-state index is 12.9. The van der Waals surface area contributed by atoms with Gasteiger partial charge in [-0.3, -0.25) is 9.69 Å². The number of carbonyl (C=O) groups excluding carboxylic acids is 1. The molecule has 1 aromatic carbocycles. The van der Waals surface area contributed by atoms with Crippen LogP contribution in [-0.4, -0.2) is 60.1 Å². The summed E-state index contributed by atoms with van der Waals surface area (Å²) in [5, 5.41) is 10.1. The van der Waals surface area contributed by atoms with Gasteiger partial charge in [0.1, 0.15) is 11.5 Å². The van der Waals surface area contributed by atoms with E-state index in [4.69, 9.17) is 4.74 Å². The van der Waals surface area contributed by atoms with Crippen LogP contribution in [0.4, 0.5) is 0 Å². The van der Waals surface area contributed by atoms with Gasteiger partial charge in [0.2, 0.25) is 0 Å². The Morgan fingerprint density at radius 2 is 2.13 bits per heavy atom. The molecular formula is C18H26N2O3. The van der Waals surface area contributed by atoms with Crippen LogP contribution in [0.5, 0.6) is 11.5 Å². The summed E-state index contributed by atoms with van der Waals surface area (Å²) in [7, 11) is 1.56. The first-order chi connectivity index (χ1) is 11.1. The SMILES string of the molecule is CCCN1C[C@H]2CC[C@@H]1CN(C(=O)c1cc(OC)ccc1O)C2. The Morgan fingerprint density at radius 1 is 1.30 bits per heavy atom. The Bertz CT molecular complexity index is 575. The molecule has 5 heteroatoms. The molecule has 3 aliphatic heterocycles. The van der Waals surface area contributed by atoms with E-state index in [1.165, 1.54) is 18.9 Å². The van der Waals surface area contributed by atoms with Crippen molar-refractivity contribution in [3.05, 3.63) is 23.8 Å². The molecule has 0 unspecified atom stereocenters. The van der Waals surface area contributed by atoms with E-state index >= 15 is 0 Å². The fraction of sp³-hybridized carbons (Fsp3) is 0.611. The molecule has 3 heterocycles. The molecule has 0 radical (unpaired) electrons.